The molecule has 0 fully saturated rings. The molecule has 0 bridgehead atoms. The minimum atomic E-state index is -0.179. The van der Waals surface area contributed by atoms with E-state index in [1.165, 1.54) is 7.11 Å². The van der Waals surface area contributed by atoms with Gasteiger partial charge in [-0.1, -0.05) is 0 Å². The van der Waals surface area contributed by atoms with Crippen LogP contribution in [0.2, 0.25) is 0 Å². The summed E-state index contributed by atoms with van der Waals surface area (Å²) in [5.74, 6) is 2.09. The van der Waals surface area contributed by atoms with E-state index in [2.05, 4.69) is 10.1 Å². The first-order valence-corrected chi connectivity index (χ1v) is 6.87. The van der Waals surface area contributed by atoms with E-state index < -0.39 is 0 Å². The predicted octanol–water partition coefficient (Wildman–Crippen LogP) is 1.69. The maximum Gasteiger partial charge on any atom is 0.310 e. The van der Waals surface area contributed by atoms with Crippen molar-refractivity contribution in [1.82, 2.24) is 14.8 Å². The lowest BCUT2D eigenvalue weighted by atomic mass is 10.0. The number of nitrogens with zero attached hydrogens (tertiary/aromatic N) is 3. The van der Waals surface area contributed by atoms with Gasteiger partial charge in [-0.3, -0.25) is 4.79 Å². The number of rotatable bonds is 3. The fourth-order valence-corrected chi connectivity index (χ4v) is 2.53. The second-order valence-corrected chi connectivity index (χ2v) is 5.02. The molecular formula is C15H17N3O3. The number of ether oxygens (including phenoxy) is 2. The number of aromatic nitrogens is 3. The van der Waals surface area contributed by atoms with Gasteiger partial charge >= 0.3 is 5.97 Å². The molecular weight excluding hydrogens is 270 g/mol. The number of carbonyl (C=O) groups is 1. The van der Waals surface area contributed by atoms with E-state index in [4.69, 9.17) is 9.47 Å². The molecule has 0 spiro atoms. The zero-order valence-electron chi connectivity index (χ0n) is 12.1. The minimum Gasteiger partial charge on any atom is -0.497 e. The Labute approximate surface area is 122 Å². The van der Waals surface area contributed by atoms with Gasteiger partial charge in [-0.2, -0.15) is 5.10 Å². The van der Waals surface area contributed by atoms with Gasteiger partial charge in [-0.15, -0.1) is 0 Å². The molecule has 0 aliphatic carbocycles. The Bertz CT molecular complexity index is 649. The number of benzene rings is 1. The minimum absolute atomic E-state index is 0.132. The maximum absolute atomic E-state index is 11.6. The molecule has 0 N–H and O–H groups in total. The highest BCUT2D eigenvalue weighted by molar-refractivity contribution is 5.72. The molecule has 1 aliphatic rings. The highest BCUT2D eigenvalue weighted by Crippen LogP contribution is 2.24. The van der Waals surface area contributed by atoms with Gasteiger partial charge in [0.2, 0.25) is 0 Å². The maximum atomic E-state index is 11.6. The molecule has 1 aromatic carbocycles. The first-order valence-electron chi connectivity index (χ1n) is 6.87. The number of esters is 1. The Morgan fingerprint density at radius 3 is 2.71 bits per heavy atom. The van der Waals surface area contributed by atoms with Crippen molar-refractivity contribution in [3.05, 3.63) is 30.1 Å². The molecule has 2 heterocycles. The van der Waals surface area contributed by atoms with Crippen LogP contribution in [0.5, 0.6) is 5.75 Å². The van der Waals surface area contributed by atoms with Gasteiger partial charge in [0.05, 0.1) is 26.7 Å². The Balaban J connectivity index is 1.84. The molecule has 1 aliphatic heterocycles. The molecule has 110 valence electrons. The van der Waals surface area contributed by atoms with Crippen LogP contribution in [0.1, 0.15) is 12.2 Å². The molecule has 6 heteroatoms. The summed E-state index contributed by atoms with van der Waals surface area (Å²) in [7, 11) is 3.05. The van der Waals surface area contributed by atoms with Crippen molar-refractivity contribution in [2.75, 3.05) is 14.2 Å². The van der Waals surface area contributed by atoms with E-state index >= 15 is 0 Å². The fraction of sp³-hybridized carbons (Fsp3) is 0.400. The third-order valence-electron chi connectivity index (χ3n) is 3.74. The van der Waals surface area contributed by atoms with Gasteiger partial charge in [0.1, 0.15) is 11.6 Å². The quantitative estimate of drug-likeness (QED) is 0.804. The molecule has 1 aromatic heterocycles. The second-order valence-electron chi connectivity index (χ2n) is 5.02. The lowest BCUT2D eigenvalue weighted by Crippen LogP contribution is -2.28. The van der Waals surface area contributed by atoms with E-state index in [1.54, 1.807) is 7.11 Å². The van der Waals surface area contributed by atoms with Crippen molar-refractivity contribution >= 4 is 5.97 Å². The van der Waals surface area contributed by atoms with Crippen molar-refractivity contribution in [3.63, 3.8) is 0 Å². The van der Waals surface area contributed by atoms with Crippen LogP contribution in [-0.2, 0) is 22.5 Å². The average molecular weight is 287 g/mol. The smallest absolute Gasteiger partial charge is 0.310 e. The van der Waals surface area contributed by atoms with Crippen molar-refractivity contribution in [2.24, 2.45) is 5.92 Å². The molecule has 3 rings (SSSR count). The highest BCUT2D eigenvalue weighted by Gasteiger charge is 2.27. The number of fused-ring (bicyclic) bond motifs is 1. The molecule has 0 radical (unpaired) electrons. The van der Waals surface area contributed by atoms with E-state index in [0.717, 1.165) is 30.0 Å². The number of carbonyl (C=O) groups excluding carboxylic acids is 1. The highest BCUT2D eigenvalue weighted by atomic mass is 16.5. The van der Waals surface area contributed by atoms with Crippen LogP contribution in [0.25, 0.3) is 11.4 Å². The molecule has 1 atom stereocenters. The van der Waals surface area contributed by atoms with E-state index in [1.807, 2.05) is 28.9 Å². The third-order valence-corrected chi connectivity index (χ3v) is 3.74. The second kappa shape index (κ2) is 5.55. The topological polar surface area (TPSA) is 66.2 Å². The zero-order chi connectivity index (χ0) is 14.8. The first-order chi connectivity index (χ1) is 10.2. The molecule has 0 saturated heterocycles. The molecule has 1 unspecified atom stereocenters. The summed E-state index contributed by atoms with van der Waals surface area (Å²) >= 11 is 0. The number of methoxy groups -OCH3 is 2. The van der Waals surface area contributed by atoms with Gasteiger partial charge in [0.25, 0.3) is 0 Å². The van der Waals surface area contributed by atoms with Crippen LogP contribution in [0, 0.1) is 5.92 Å². The summed E-state index contributed by atoms with van der Waals surface area (Å²) in [6.45, 7) is 0.533. The van der Waals surface area contributed by atoms with Crippen molar-refractivity contribution in [1.29, 1.82) is 0 Å². The SMILES string of the molecule is COC(=O)C1CCc2nc(-c3ccc(OC)cc3)nn2C1. The normalized spacial score (nSPS) is 17.1. The Morgan fingerprint density at radius 1 is 1.29 bits per heavy atom. The van der Waals surface area contributed by atoms with Crippen molar-refractivity contribution in [3.8, 4) is 17.1 Å². The Kier molecular flexibility index (Phi) is 3.60. The molecule has 6 nitrogen and oxygen atoms in total. The summed E-state index contributed by atoms with van der Waals surface area (Å²) in [6.07, 6.45) is 1.50. The third kappa shape index (κ3) is 2.61. The van der Waals surface area contributed by atoms with Gasteiger partial charge in [0, 0.05) is 12.0 Å². The van der Waals surface area contributed by atoms with Gasteiger partial charge < -0.3 is 9.47 Å². The largest absolute Gasteiger partial charge is 0.497 e. The van der Waals surface area contributed by atoms with Crippen molar-refractivity contribution < 1.29 is 14.3 Å². The molecule has 21 heavy (non-hydrogen) atoms. The molecule has 0 saturated carbocycles. The predicted molar refractivity (Wildman–Crippen MR) is 75.8 cm³/mol. The first kappa shape index (κ1) is 13.6. The van der Waals surface area contributed by atoms with Crippen LogP contribution in [-0.4, -0.2) is 35.0 Å². The standard InChI is InChI=1S/C15H17N3O3/c1-20-12-6-3-10(4-7-12)14-16-13-8-5-11(15(19)21-2)9-18(13)17-14/h3-4,6-7,11H,5,8-9H2,1-2H3. The number of hydrogen-bond donors (Lipinski definition) is 0. The van der Waals surface area contributed by atoms with E-state index in [-0.39, 0.29) is 11.9 Å². The molecule has 0 amide bonds. The van der Waals surface area contributed by atoms with Crippen LogP contribution >= 0.6 is 0 Å². The monoisotopic (exact) mass is 287 g/mol. The van der Waals surface area contributed by atoms with E-state index in [0.29, 0.717) is 12.4 Å². The van der Waals surface area contributed by atoms with Crippen LogP contribution in [0.15, 0.2) is 24.3 Å². The zero-order valence-corrected chi connectivity index (χ0v) is 12.1. The summed E-state index contributed by atoms with van der Waals surface area (Å²) in [5.41, 5.74) is 0.937. The van der Waals surface area contributed by atoms with Crippen LogP contribution in [0.4, 0.5) is 0 Å². The summed E-state index contributed by atoms with van der Waals surface area (Å²) in [6, 6.07) is 7.62. The summed E-state index contributed by atoms with van der Waals surface area (Å²) < 4.78 is 11.8. The van der Waals surface area contributed by atoms with Crippen molar-refractivity contribution in [2.45, 2.75) is 19.4 Å². The van der Waals surface area contributed by atoms with Crippen LogP contribution < -0.4 is 4.74 Å². The lowest BCUT2D eigenvalue weighted by molar-refractivity contribution is -0.146. The van der Waals surface area contributed by atoms with Gasteiger partial charge in [-0.05, 0) is 30.7 Å². The average Bonchev–Trinajstić information content (AvgIpc) is 2.97. The Hall–Kier alpha value is -2.37. The summed E-state index contributed by atoms with van der Waals surface area (Å²) in [4.78, 5) is 16.2. The molecule has 2 aromatic rings. The Morgan fingerprint density at radius 2 is 2.05 bits per heavy atom. The fourth-order valence-electron chi connectivity index (χ4n) is 2.53. The summed E-state index contributed by atoms with van der Waals surface area (Å²) in [5, 5.41) is 4.50. The number of hydrogen-bond acceptors (Lipinski definition) is 5. The lowest BCUT2D eigenvalue weighted by Gasteiger charge is -2.19. The van der Waals surface area contributed by atoms with Crippen LogP contribution in [0.3, 0.4) is 0 Å². The number of aryl methyl sites for hydroxylation is 1. The van der Waals surface area contributed by atoms with E-state index in [9.17, 15) is 4.79 Å². The van der Waals surface area contributed by atoms with Gasteiger partial charge in [0.15, 0.2) is 5.82 Å². The van der Waals surface area contributed by atoms with Gasteiger partial charge in [-0.25, -0.2) is 9.67 Å².